The summed E-state index contributed by atoms with van der Waals surface area (Å²) in [6, 6.07) is 0. The first-order valence-electron chi connectivity index (χ1n) is 5.83. The molecule has 86 valence electrons. The fourth-order valence-electron chi connectivity index (χ4n) is 1.79. The number of rotatable bonds is 4. The lowest BCUT2D eigenvalue weighted by atomic mass is 9.90. The van der Waals surface area contributed by atoms with Crippen LogP contribution in [0.4, 0.5) is 0 Å². The summed E-state index contributed by atoms with van der Waals surface area (Å²) in [6.45, 7) is 9.67. The Balaban J connectivity index is 2.67. The molecule has 2 nitrogen and oxygen atoms in total. The van der Waals surface area contributed by atoms with Crippen molar-refractivity contribution in [2.24, 2.45) is 5.41 Å². The Morgan fingerprint density at radius 3 is 2.40 bits per heavy atom. The maximum absolute atomic E-state index is 11.9. The Bertz CT molecular complexity index is 247. The number of hydrogen-bond donors (Lipinski definition) is 0. The summed E-state index contributed by atoms with van der Waals surface area (Å²) in [7, 11) is 0. The van der Waals surface area contributed by atoms with Gasteiger partial charge in [0.2, 0.25) is 0 Å². The van der Waals surface area contributed by atoms with Crippen LogP contribution in [0.2, 0.25) is 0 Å². The molecule has 0 aromatic heterocycles. The largest absolute Gasteiger partial charge is 0.454 e. The van der Waals surface area contributed by atoms with E-state index in [1.54, 1.807) is 0 Å². The van der Waals surface area contributed by atoms with E-state index in [1.165, 1.54) is 0 Å². The molecule has 0 saturated heterocycles. The summed E-state index contributed by atoms with van der Waals surface area (Å²) in [5, 5.41) is 0. The van der Waals surface area contributed by atoms with Gasteiger partial charge in [0.1, 0.15) is 5.60 Å². The molecule has 1 aliphatic carbocycles. The predicted molar refractivity (Wildman–Crippen MR) is 61.6 cm³/mol. The first kappa shape index (κ1) is 12.3. The number of carbonyl (C=O) groups is 1. The van der Waals surface area contributed by atoms with E-state index in [-0.39, 0.29) is 17.0 Å². The second kappa shape index (κ2) is 4.38. The van der Waals surface area contributed by atoms with Crippen LogP contribution in [0.25, 0.3) is 0 Å². The molecule has 1 fully saturated rings. The topological polar surface area (TPSA) is 26.3 Å². The summed E-state index contributed by atoms with van der Waals surface area (Å²) < 4.78 is 5.65. The molecular formula is C13H22O2. The van der Waals surface area contributed by atoms with Gasteiger partial charge in [-0.05, 0) is 52.0 Å². The lowest BCUT2D eigenvalue weighted by Gasteiger charge is -2.30. The summed E-state index contributed by atoms with van der Waals surface area (Å²) in [5.41, 5.74) is -0.748. The van der Waals surface area contributed by atoms with Crippen molar-refractivity contribution in [2.45, 2.75) is 58.5 Å². The van der Waals surface area contributed by atoms with Gasteiger partial charge in [0.25, 0.3) is 0 Å². The second-order valence-corrected chi connectivity index (χ2v) is 5.10. The van der Waals surface area contributed by atoms with E-state index < -0.39 is 0 Å². The smallest absolute Gasteiger partial charge is 0.312 e. The van der Waals surface area contributed by atoms with Crippen molar-refractivity contribution in [3.05, 3.63) is 12.7 Å². The molecule has 1 rings (SSSR count). The zero-order chi connectivity index (χ0) is 11.5. The predicted octanol–water partition coefficient (Wildman–Crippen LogP) is 3.46. The number of esters is 1. The summed E-state index contributed by atoms with van der Waals surface area (Å²) in [5.74, 6) is -0.0909. The van der Waals surface area contributed by atoms with E-state index in [9.17, 15) is 4.79 Å². The standard InChI is InChI=1S/C13H22O2/c1-5-12(3,4)11(14)15-13(6-2)9-7-8-10-13/h6H,2,5,7-10H2,1,3-4H3. The zero-order valence-corrected chi connectivity index (χ0v) is 10.1. The molecule has 0 radical (unpaired) electrons. The third kappa shape index (κ3) is 2.61. The first-order valence-corrected chi connectivity index (χ1v) is 5.83. The molecule has 0 aliphatic heterocycles. The molecule has 0 heterocycles. The van der Waals surface area contributed by atoms with Crippen LogP contribution >= 0.6 is 0 Å². The highest BCUT2D eigenvalue weighted by Gasteiger charge is 2.38. The van der Waals surface area contributed by atoms with E-state index in [1.807, 2.05) is 26.8 Å². The maximum atomic E-state index is 11.9. The van der Waals surface area contributed by atoms with E-state index in [0.717, 1.165) is 32.1 Å². The fourth-order valence-corrected chi connectivity index (χ4v) is 1.79. The fraction of sp³-hybridized carbons (Fsp3) is 0.769. The minimum atomic E-state index is -0.376. The molecule has 0 unspecified atom stereocenters. The van der Waals surface area contributed by atoms with Gasteiger partial charge in [-0.2, -0.15) is 0 Å². The number of carbonyl (C=O) groups excluding carboxylic acids is 1. The molecule has 0 spiro atoms. The molecule has 1 aliphatic rings. The molecule has 0 atom stereocenters. The average molecular weight is 210 g/mol. The van der Waals surface area contributed by atoms with Crippen LogP contribution in [0, 0.1) is 5.41 Å². The maximum Gasteiger partial charge on any atom is 0.312 e. The van der Waals surface area contributed by atoms with Gasteiger partial charge in [0.15, 0.2) is 0 Å². The monoisotopic (exact) mass is 210 g/mol. The molecular weight excluding hydrogens is 188 g/mol. The molecule has 0 aromatic rings. The van der Waals surface area contributed by atoms with Crippen molar-refractivity contribution in [1.29, 1.82) is 0 Å². The van der Waals surface area contributed by atoms with Crippen LogP contribution in [0.3, 0.4) is 0 Å². The minimum absolute atomic E-state index is 0.0909. The Labute approximate surface area is 92.7 Å². The molecule has 1 saturated carbocycles. The van der Waals surface area contributed by atoms with Crippen LogP contribution in [-0.2, 0) is 9.53 Å². The van der Waals surface area contributed by atoms with Crippen molar-refractivity contribution in [1.82, 2.24) is 0 Å². The summed E-state index contributed by atoms with van der Waals surface area (Å²) >= 11 is 0. The Hall–Kier alpha value is -0.790. The van der Waals surface area contributed by atoms with E-state index >= 15 is 0 Å². The minimum Gasteiger partial charge on any atom is -0.454 e. The average Bonchev–Trinajstić information content (AvgIpc) is 2.67. The van der Waals surface area contributed by atoms with Crippen LogP contribution in [0.1, 0.15) is 52.9 Å². The lowest BCUT2D eigenvalue weighted by molar-refractivity contribution is -0.165. The molecule has 0 aromatic carbocycles. The molecule has 0 amide bonds. The Morgan fingerprint density at radius 2 is 2.00 bits per heavy atom. The number of ether oxygens (including phenoxy) is 1. The van der Waals surface area contributed by atoms with Gasteiger partial charge in [-0.15, -0.1) is 0 Å². The van der Waals surface area contributed by atoms with E-state index in [0.29, 0.717) is 0 Å². The quantitative estimate of drug-likeness (QED) is 0.524. The summed E-state index contributed by atoms with van der Waals surface area (Å²) in [4.78, 5) is 11.9. The zero-order valence-electron chi connectivity index (χ0n) is 10.1. The van der Waals surface area contributed by atoms with Crippen LogP contribution in [-0.4, -0.2) is 11.6 Å². The van der Waals surface area contributed by atoms with Gasteiger partial charge in [0.05, 0.1) is 5.41 Å². The molecule has 15 heavy (non-hydrogen) atoms. The Kier molecular flexibility index (Phi) is 3.58. The normalized spacial score (nSPS) is 19.9. The summed E-state index contributed by atoms with van der Waals surface area (Å²) in [6.07, 6.45) is 6.74. The van der Waals surface area contributed by atoms with Crippen molar-refractivity contribution < 1.29 is 9.53 Å². The van der Waals surface area contributed by atoms with Gasteiger partial charge in [-0.3, -0.25) is 4.79 Å². The third-order valence-corrected chi connectivity index (χ3v) is 3.55. The van der Waals surface area contributed by atoms with Crippen molar-refractivity contribution >= 4 is 5.97 Å². The molecule has 0 bridgehead atoms. The van der Waals surface area contributed by atoms with Gasteiger partial charge in [-0.25, -0.2) is 0 Å². The van der Waals surface area contributed by atoms with E-state index in [2.05, 4.69) is 6.58 Å². The van der Waals surface area contributed by atoms with Crippen molar-refractivity contribution in [3.8, 4) is 0 Å². The molecule has 0 N–H and O–H groups in total. The highest BCUT2D eigenvalue weighted by Crippen LogP contribution is 2.36. The van der Waals surface area contributed by atoms with Crippen LogP contribution in [0.15, 0.2) is 12.7 Å². The molecule has 2 heteroatoms. The van der Waals surface area contributed by atoms with Gasteiger partial charge in [0, 0.05) is 0 Å². The number of hydrogen-bond acceptors (Lipinski definition) is 2. The first-order chi connectivity index (χ1) is 6.96. The third-order valence-electron chi connectivity index (χ3n) is 3.55. The van der Waals surface area contributed by atoms with Crippen molar-refractivity contribution in [3.63, 3.8) is 0 Å². The highest BCUT2D eigenvalue weighted by atomic mass is 16.6. The van der Waals surface area contributed by atoms with Gasteiger partial charge >= 0.3 is 5.97 Å². The van der Waals surface area contributed by atoms with Crippen molar-refractivity contribution in [2.75, 3.05) is 0 Å². The lowest BCUT2D eigenvalue weighted by Crippen LogP contribution is -2.36. The van der Waals surface area contributed by atoms with Gasteiger partial charge < -0.3 is 4.74 Å². The van der Waals surface area contributed by atoms with Crippen LogP contribution in [0.5, 0.6) is 0 Å². The second-order valence-electron chi connectivity index (χ2n) is 5.10. The SMILES string of the molecule is C=CC1(OC(=O)C(C)(C)CC)CCCC1. The van der Waals surface area contributed by atoms with E-state index in [4.69, 9.17) is 4.74 Å². The van der Waals surface area contributed by atoms with Crippen LogP contribution < -0.4 is 0 Å². The highest BCUT2D eigenvalue weighted by molar-refractivity contribution is 5.76. The van der Waals surface area contributed by atoms with Gasteiger partial charge in [-0.1, -0.05) is 13.5 Å². The Morgan fingerprint density at radius 1 is 1.47 bits per heavy atom.